The van der Waals surface area contributed by atoms with Crippen LogP contribution in [-0.2, 0) is 15.3 Å². The Bertz CT molecular complexity index is 540. The number of halogens is 1. The number of nitro groups is 1. The Morgan fingerprint density at radius 1 is 1.57 bits per heavy atom. The Morgan fingerprint density at radius 3 is 2.86 bits per heavy atom. The topological polar surface area (TPSA) is 110 Å². The van der Waals surface area contributed by atoms with E-state index in [-0.39, 0.29) is 17.1 Å². The number of aliphatic carboxylic acids is 1. The van der Waals surface area contributed by atoms with Crippen molar-refractivity contribution < 1.29 is 19.6 Å². The molecule has 0 spiro atoms. The van der Waals surface area contributed by atoms with Gasteiger partial charge in [0.1, 0.15) is 6.04 Å². The van der Waals surface area contributed by atoms with Crippen molar-refractivity contribution in [3.8, 4) is 0 Å². The molecule has 21 heavy (non-hydrogen) atoms. The number of carboxylic acids is 1. The molecule has 0 aliphatic rings. The number of amides is 1. The van der Waals surface area contributed by atoms with Crippen LogP contribution in [-0.4, -0.2) is 34.2 Å². The molecule has 0 aliphatic heterocycles. The second-order valence-corrected chi connectivity index (χ2v) is 5.59. The van der Waals surface area contributed by atoms with Crippen LogP contribution < -0.4 is 5.32 Å². The minimum Gasteiger partial charge on any atom is -0.480 e. The Labute approximate surface area is 129 Å². The molecule has 2 N–H and O–H groups in total. The van der Waals surface area contributed by atoms with Gasteiger partial charge in [-0.15, -0.1) is 0 Å². The van der Waals surface area contributed by atoms with Gasteiger partial charge in [0.15, 0.2) is 0 Å². The Morgan fingerprint density at radius 2 is 2.29 bits per heavy atom. The van der Waals surface area contributed by atoms with E-state index < -0.39 is 16.9 Å². The lowest BCUT2D eigenvalue weighted by molar-refractivity contribution is -0.385. The molecule has 0 fully saturated rings. The molecule has 114 valence electrons. The van der Waals surface area contributed by atoms with E-state index in [0.717, 1.165) is 0 Å². The minimum absolute atomic E-state index is 0.0594. The Hall–Kier alpha value is -1.80. The lowest BCUT2D eigenvalue weighted by Crippen LogP contribution is -2.36. The maximum absolute atomic E-state index is 10.9. The third kappa shape index (κ3) is 5.60. The van der Waals surface area contributed by atoms with Gasteiger partial charge in [-0.05, 0) is 24.3 Å². The van der Waals surface area contributed by atoms with Gasteiger partial charge in [-0.1, -0.05) is 11.6 Å². The fraction of sp³-hybridized carbons (Fsp3) is 0.333. The number of carbonyl (C=O) groups excluding carboxylic acids is 1. The van der Waals surface area contributed by atoms with Crippen molar-refractivity contribution in [1.29, 1.82) is 0 Å². The Kier molecular flexibility index (Phi) is 6.97. The standard InChI is InChI=1S/C12H13ClN2O5S/c13-9-2-1-8(11(5-9)15(19)20)6-21-4-3-10(12(17)18)14-7-16/h1-2,5,7,10H,3-4,6H2,(H,14,16)(H,17,18). The maximum Gasteiger partial charge on any atom is 0.326 e. The number of carbonyl (C=O) groups is 2. The molecule has 0 saturated carbocycles. The second-order valence-electron chi connectivity index (χ2n) is 4.05. The summed E-state index contributed by atoms with van der Waals surface area (Å²) < 4.78 is 0. The van der Waals surface area contributed by atoms with E-state index in [9.17, 15) is 19.7 Å². The SMILES string of the molecule is O=CNC(CCSCc1ccc(Cl)cc1[N+](=O)[O-])C(=O)O. The highest BCUT2D eigenvalue weighted by Crippen LogP contribution is 2.27. The van der Waals surface area contributed by atoms with Crippen LogP contribution in [0.1, 0.15) is 12.0 Å². The normalized spacial score (nSPS) is 11.7. The number of nitro benzene ring substituents is 1. The van der Waals surface area contributed by atoms with Crippen LogP contribution in [0.2, 0.25) is 5.02 Å². The quantitative estimate of drug-likeness (QED) is 0.310. The van der Waals surface area contributed by atoms with Gasteiger partial charge in [0.05, 0.1) is 4.92 Å². The number of nitrogens with one attached hydrogen (secondary N) is 1. The summed E-state index contributed by atoms with van der Waals surface area (Å²) >= 11 is 7.06. The lowest BCUT2D eigenvalue weighted by Gasteiger charge is -2.10. The summed E-state index contributed by atoms with van der Waals surface area (Å²) in [5.41, 5.74) is 0.459. The molecular weight excluding hydrogens is 320 g/mol. The summed E-state index contributed by atoms with van der Waals surface area (Å²) in [5.74, 6) is -0.307. The molecule has 1 amide bonds. The zero-order chi connectivity index (χ0) is 15.8. The smallest absolute Gasteiger partial charge is 0.326 e. The largest absolute Gasteiger partial charge is 0.480 e. The third-order valence-corrected chi connectivity index (χ3v) is 3.89. The first-order chi connectivity index (χ1) is 9.95. The molecule has 1 aromatic carbocycles. The fourth-order valence-electron chi connectivity index (χ4n) is 1.57. The molecule has 1 aromatic rings. The van der Waals surface area contributed by atoms with E-state index >= 15 is 0 Å². The van der Waals surface area contributed by atoms with E-state index in [0.29, 0.717) is 23.5 Å². The molecule has 0 bridgehead atoms. The molecule has 0 heterocycles. The van der Waals surface area contributed by atoms with Gasteiger partial charge in [0, 0.05) is 22.4 Å². The zero-order valence-corrected chi connectivity index (χ0v) is 12.4. The van der Waals surface area contributed by atoms with Gasteiger partial charge in [0.2, 0.25) is 6.41 Å². The summed E-state index contributed by atoms with van der Waals surface area (Å²) in [6.45, 7) is 0. The monoisotopic (exact) mass is 332 g/mol. The van der Waals surface area contributed by atoms with E-state index in [2.05, 4.69) is 5.32 Å². The van der Waals surface area contributed by atoms with Crippen LogP contribution in [0.4, 0.5) is 5.69 Å². The van der Waals surface area contributed by atoms with Crippen LogP contribution in [0, 0.1) is 10.1 Å². The molecule has 0 radical (unpaired) electrons. The van der Waals surface area contributed by atoms with Crippen molar-refractivity contribution in [2.75, 3.05) is 5.75 Å². The molecule has 7 nitrogen and oxygen atoms in total. The highest BCUT2D eigenvalue weighted by atomic mass is 35.5. The summed E-state index contributed by atoms with van der Waals surface area (Å²) in [4.78, 5) is 31.5. The van der Waals surface area contributed by atoms with Crippen LogP contribution >= 0.6 is 23.4 Å². The molecule has 9 heteroatoms. The first kappa shape index (κ1) is 17.3. The van der Waals surface area contributed by atoms with Gasteiger partial charge in [0.25, 0.3) is 5.69 Å². The third-order valence-electron chi connectivity index (χ3n) is 2.62. The summed E-state index contributed by atoms with van der Waals surface area (Å²) in [6, 6.07) is 3.48. The zero-order valence-electron chi connectivity index (χ0n) is 10.8. The highest BCUT2D eigenvalue weighted by Gasteiger charge is 2.17. The molecule has 1 rings (SSSR count). The average molecular weight is 333 g/mol. The molecule has 0 aliphatic carbocycles. The first-order valence-electron chi connectivity index (χ1n) is 5.88. The number of thioether (sulfide) groups is 1. The van der Waals surface area contributed by atoms with Gasteiger partial charge >= 0.3 is 5.97 Å². The molecule has 0 aromatic heterocycles. The average Bonchev–Trinajstić information content (AvgIpc) is 2.43. The van der Waals surface area contributed by atoms with Crippen LogP contribution in [0.25, 0.3) is 0 Å². The van der Waals surface area contributed by atoms with Gasteiger partial charge in [-0.25, -0.2) is 4.79 Å². The summed E-state index contributed by atoms with van der Waals surface area (Å²) in [7, 11) is 0. The van der Waals surface area contributed by atoms with Gasteiger partial charge < -0.3 is 10.4 Å². The maximum atomic E-state index is 10.9. The second kappa shape index (κ2) is 8.48. The molecule has 1 atom stereocenters. The van der Waals surface area contributed by atoms with Gasteiger partial charge in [-0.2, -0.15) is 11.8 Å². The lowest BCUT2D eigenvalue weighted by atomic mass is 10.2. The number of benzene rings is 1. The van der Waals surface area contributed by atoms with Crippen molar-refractivity contribution >= 4 is 41.4 Å². The van der Waals surface area contributed by atoms with Crippen molar-refractivity contribution in [1.82, 2.24) is 5.32 Å². The van der Waals surface area contributed by atoms with E-state index in [4.69, 9.17) is 16.7 Å². The number of hydrogen-bond donors (Lipinski definition) is 2. The van der Waals surface area contributed by atoms with Crippen molar-refractivity contribution in [3.63, 3.8) is 0 Å². The van der Waals surface area contributed by atoms with Crippen molar-refractivity contribution in [3.05, 3.63) is 38.9 Å². The van der Waals surface area contributed by atoms with Gasteiger partial charge in [-0.3, -0.25) is 14.9 Å². The summed E-state index contributed by atoms with van der Waals surface area (Å²) in [6.07, 6.45) is 0.577. The van der Waals surface area contributed by atoms with E-state index in [1.807, 2.05) is 0 Å². The predicted octanol–water partition coefficient (Wildman–Crippen LogP) is 2.07. The van der Waals surface area contributed by atoms with E-state index in [1.165, 1.54) is 17.8 Å². The number of nitrogens with zero attached hydrogens (tertiary/aromatic N) is 1. The number of rotatable bonds is 9. The van der Waals surface area contributed by atoms with Crippen molar-refractivity contribution in [2.45, 2.75) is 18.2 Å². The molecule has 0 saturated heterocycles. The highest BCUT2D eigenvalue weighted by molar-refractivity contribution is 7.98. The molecular formula is C12H13ClN2O5S. The summed E-state index contributed by atoms with van der Waals surface area (Å²) in [5, 5.41) is 22.2. The van der Waals surface area contributed by atoms with Crippen LogP contribution in [0.15, 0.2) is 18.2 Å². The van der Waals surface area contributed by atoms with Crippen molar-refractivity contribution in [2.24, 2.45) is 0 Å². The number of carboxylic acid groups (broad SMARTS) is 1. The first-order valence-corrected chi connectivity index (χ1v) is 7.42. The number of hydrogen-bond acceptors (Lipinski definition) is 5. The van der Waals surface area contributed by atoms with E-state index in [1.54, 1.807) is 12.1 Å². The molecule has 1 unspecified atom stereocenters. The minimum atomic E-state index is -1.11. The fourth-order valence-corrected chi connectivity index (χ4v) is 2.75. The van der Waals surface area contributed by atoms with Crippen LogP contribution in [0.5, 0.6) is 0 Å². The Balaban J connectivity index is 2.54. The predicted molar refractivity (Wildman–Crippen MR) is 79.5 cm³/mol. The van der Waals surface area contributed by atoms with Crippen LogP contribution in [0.3, 0.4) is 0 Å².